The average molecular weight is 228 g/mol. The number of hydrogen-bond acceptors (Lipinski definition) is 3. The van der Waals surface area contributed by atoms with Crippen LogP contribution in [0.25, 0.3) is 0 Å². The molecule has 1 saturated carbocycles. The third-order valence-corrected chi connectivity index (χ3v) is 3.83. The molecular formula is C12H24N2O2. The molecule has 4 unspecified atom stereocenters. The molecule has 0 heterocycles. The Kier molecular flexibility index (Phi) is 4.74. The minimum atomic E-state index is -0.131. The van der Waals surface area contributed by atoms with E-state index in [1.165, 1.54) is 0 Å². The van der Waals surface area contributed by atoms with Gasteiger partial charge in [0.1, 0.15) is 0 Å². The van der Waals surface area contributed by atoms with Gasteiger partial charge in [0.15, 0.2) is 0 Å². The average Bonchev–Trinajstić information content (AvgIpc) is 2.26. The fraction of sp³-hybridized carbons (Fsp3) is 0.917. The summed E-state index contributed by atoms with van der Waals surface area (Å²) in [6.45, 7) is 3.94. The number of nitrogens with two attached hydrogens (primary N) is 1. The van der Waals surface area contributed by atoms with Gasteiger partial charge in [-0.2, -0.15) is 0 Å². The minimum Gasteiger partial charge on any atom is -0.394 e. The molecule has 1 fully saturated rings. The van der Waals surface area contributed by atoms with Crippen LogP contribution in [0.3, 0.4) is 0 Å². The molecular weight excluding hydrogens is 204 g/mol. The summed E-state index contributed by atoms with van der Waals surface area (Å²) in [4.78, 5) is 13.9. The van der Waals surface area contributed by atoms with Crippen LogP contribution in [0.5, 0.6) is 0 Å². The van der Waals surface area contributed by atoms with Gasteiger partial charge in [-0.1, -0.05) is 13.3 Å². The fourth-order valence-corrected chi connectivity index (χ4v) is 2.46. The van der Waals surface area contributed by atoms with Crippen LogP contribution in [0.1, 0.15) is 33.1 Å². The van der Waals surface area contributed by atoms with Gasteiger partial charge in [-0.15, -0.1) is 0 Å². The van der Waals surface area contributed by atoms with Crippen molar-refractivity contribution < 1.29 is 9.90 Å². The summed E-state index contributed by atoms with van der Waals surface area (Å²) >= 11 is 0. The normalized spacial score (nSPS) is 32.2. The molecule has 1 aliphatic rings. The van der Waals surface area contributed by atoms with Crippen LogP contribution in [0.4, 0.5) is 0 Å². The summed E-state index contributed by atoms with van der Waals surface area (Å²) in [6.07, 6.45) is 3.12. The monoisotopic (exact) mass is 228 g/mol. The SMILES string of the molecule is CC1CCCC(N)C1C(=O)N(C)C(C)CO. The van der Waals surface area contributed by atoms with Crippen molar-refractivity contribution in [3.05, 3.63) is 0 Å². The van der Waals surface area contributed by atoms with Crippen LogP contribution in [0.15, 0.2) is 0 Å². The van der Waals surface area contributed by atoms with E-state index in [1.54, 1.807) is 11.9 Å². The Labute approximate surface area is 97.8 Å². The van der Waals surface area contributed by atoms with E-state index in [9.17, 15) is 4.79 Å². The number of aliphatic hydroxyl groups excluding tert-OH is 1. The quantitative estimate of drug-likeness (QED) is 0.743. The van der Waals surface area contributed by atoms with Crippen molar-refractivity contribution in [1.82, 2.24) is 4.90 Å². The second-order valence-electron chi connectivity index (χ2n) is 5.08. The number of aliphatic hydroxyl groups is 1. The lowest BCUT2D eigenvalue weighted by Crippen LogP contribution is -2.50. The number of nitrogens with zero attached hydrogens (tertiary/aromatic N) is 1. The lowest BCUT2D eigenvalue weighted by molar-refractivity contribution is -0.140. The van der Waals surface area contributed by atoms with Crippen LogP contribution in [-0.2, 0) is 4.79 Å². The maximum atomic E-state index is 12.3. The minimum absolute atomic E-state index is 0.00141. The summed E-state index contributed by atoms with van der Waals surface area (Å²) < 4.78 is 0. The predicted molar refractivity (Wildman–Crippen MR) is 63.8 cm³/mol. The Hall–Kier alpha value is -0.610. The third kappa shape index (κ3) is 2.74. The highest BCUT2D eigenvalue weighted by molar-refractivity contribution is 5.80. The van der Waals surface area contributed by atoms with Gasteiger partial charge >= 0.3 is 0 Å². The van der Waals surface area contributed by atoms with Crippen LogP contribution in [0.2, 0.25) is 0 Å². The van der Waals surface area contributed by atoms with Gasteiger partial charge in [-0.25, -0.2) is 0 Å². The second-order valence-corrected chi connectivity index (χ2v) is 5.08. The molecule has 0 radical (unpaired) electrons. The molecule has 3 N–H and O–H groups in total. The highest BCUT2D eigenvalue weighted by Crippen LogP contribution is 2.30. The van der Waals surface area contributed by atoms with Crippen molar-refractivity contribution in [3.63, 3.8) is 0 Å². The molecule has 1 aliphatic carbocycles. The Balaban J connectivity index is 2.70. The van der Waals surface area contributed by atoms with Crippen molar-refractivity contribution in [2.24, 2.45) is 17.6 Å². The molecule has 0 aromatic heterocycles. The zero-order valence-electron chi connectivity index (χ0n) is 10.5. The largest absolute Gasteiger partial charge is 0.394 e. The zero-order valence-corrected chi connectivity index (χ0v) is 10.5. The summed E-state index contributed by atoms with van der Waals surface area (Å²) in [7, 11) is 1.75. The first-order chi connectivity index (χ1) is 7.49. The number of amides is 1. The van der Waals surface area contributed by atoms with Crippen molar-refractivity contribution in [2.45, 2.75) is 45.2 Å². The molecule has 4 nitrogen and oxygen atoms in total. The summed E-state index contributed by atoms with van der Waals surface area (Å²) in [5.41, 5.74) is 6.04. The molecule has 0 spiro atoms. The first-order valence-electron chi connectivity index (χ1n) is 6.12. The standard InChI is InChI=1S/C12H24N2O2/c1-8-5-4-6-10(13)11(8)12(16)14(3)9(2)7-15/h8-11,15H,4-7,13H2,1-3H3. The first-order valence-corrected chi connectivity index (χ1v) is 6.12. The van der Waals surface area contributed by atoms with E-state index in [-0.39, 0.29) is 30.5 Å². The van der Waals surface area contributed by atoms with Crippen LogP contribution >= 0.6 is 0 Å². The van der Waals surface area contributed by atoms with Gasteiger partial charge < -0.3 is 15.7 Å². The summed E-state index contributed by atoms with van der Waals surface area (Å²) in [5.74, 6) is 0.360. The molecule has 4 heteroatoms. The van der Waals surface area contributed by atoms with E-state index < -0.39 is 0 Å². The van der Waals surface area contributed by atoms with E-state index in [1.807, 2.05) is 6.92 Å². The maximum absolute atomic E-state index is 12.3. The molecule has 94 valence electrons. The van der Waals surface area contributed by atoms with Gasteiger partial charge in [0.05, 0.1) is 18.6 Å². The fourth-order valence-electron chi connectivity index (χ4n) is 2.46. The Bertz CT molecular complexity index is 235. The van der Waals surface area contributed by atoms with Gasteiger partial charge in [0.2, 0.25) is 5.91 Å². The van der Waals surface area contributed by atoms with Gasteiger partial charge in [0.25, 0.3) is 0 Å². The van der Waals surface area contributed by atoms with Gasteiger partial charge in [-0.05, 0) is 25.7 Å². The molecule has 4 atom stereocenters. The third-order valence-electron chi connectivity index (χ3n) is 3.83. The summed E-state index contributed by atoms with van der Waals surface area (Å²) in [6, 6.07) is -0.154. The van der Waals surface area contributed by atoms with Gasteiger partial charge in [-0.3, -0.25) is 4.79 Å². The highest BCUT2D eigenvalue weighted by atomic mass is 16.3. The van der Waals surface area contributed by atoms with Crippen molar-refractivity contribution in [1.29, 1.82) is 0 Å². The Morgan fingerprint density at radius 1 is 1.56 bits per heavy atom. The smallest absolute Gasteiger partial charge is 0.227 e. The van der Waals surface area contributed by atoms with Gasteiger partial charge in [0, 0.05) is 13.1 Å². The van der Waals surface area contributed by atoms with Crippen molar-refractivity contribution >= 4 is 5.91 Å². The number of likely N-dealkylation sites (N-methyl/N-ethyl adjacent to an activating group) is 1. The van der Waals surface area contributed by atoms with Crippen LogP contribution in [0, 0.1) is 11.8 Å². The predicted octanol–water partition coefficient (Wildman–Crippen LogP) is 0.589. The maximum Gasteiger partial charge on any atom is 0.227 e. The zero-order chi connectivity index (χ0) is 12.3. The Morgan fingerprint density at radius 2 is 2.19 bits per heavy atom. The van der Waals surface area contributed by atoms with E-state index in [0.29, 0.717) is 5.92 Å². The lowest BCUT2D eigenvalue weighted by atomic mass is 9.76. The molecule has 0 aromatic rings. The molecule has 0 bridgehead atoms. The first kappa shape index (κ1) is 13.5. The molecule has 16 heavy (non-hydrogen) atoms. The highest BCUT2D eigenvalue weighted by Gasteiger charge is 2.36. The number of carbonyl (C=O) groups is 1. The molecule has 0 aromatic carbocycles. The lowest BCUT2D eigenvalue weighted by Gasteiger charge is -2.37. The second kappa shape index (κ2) is 5.64. The Morgan fingerprint density at radius 3 is 2.69 bits per heavy atom. The van der Waals surface area contributed by atoms with E-state index >= 15 is 0 Å². The van der Waals surface area contributed by atoms with E-state index in [0.717, 1.165) is 19.3 Å². The number of carbonyl (C=O) groups excluding carboxylic acids is 1. The van der Waals surface area contributed by atoms with Crippen LogP contribution < -0.4 is 5.73 Å². The van der Waals surface area contributed by atoms with E-state index in [2.05, 4.69) is 6.92 Å². The summed E-state index contributed by atoms with van der Waals surface area (Å²) in [5, 5.41) is 9.06. The van der Waals surface area contributed by atoms with Crippen molar-refractivity contribution in [2.75, 3.05) is 13.7 Å². The van der Waals surface area contributed by atoms with E-state index in [4.69, 9.17) is 10.8 Å². The number of rotatable bonds is 3. The van der Waals surface area contributed by atoms with Crippen LogP contribution in [-0.4, -0.2) is 41.7 Å². The van der Waals surface area contributed by atoms with Crippen molar-refractivity contribution in [3.8, 4) is 0 Å². The topological polar surface area (TPSA) is 66.6 Å². The molecule has 0 saturated heterocycles. The number of hydrogen-bond donors (Lipinski definition) is 2. The molecule has 1 rings (SSSR count). The molecule has 1 amide bonds. The molecule has 0 aliphatic heterocycles.